The van der Waals surface area contributed by atoms with Crippen LogP contribution in [0, 0.1) is 5.82 Å². The Labute approximate surface area is 129 Å². The van der Waals surface area contributed by atoms with Crippen molar-refractivity contribution < 1.29 is 17.9 Å². The van der Waals surface area contributed by atoms with Crippen LogP contribution in [0.1, 0.15) is 32.1 Å². The molecule has 4 nitrogen and oxygen atoms in total. The second kappa shape index (κ2) is 7.05. The van der Waals surface area contributed by atoms with Crippen molar-refractivity contribution in [1.29, 1.82) is 0 Å². The highest BCUT2D eigenvalue weighted by molar-refractivity contribution is 7.89. The number of hydrogen-bond acceptors (Lipinski definition) is 3. The zero-order chi connectivity index (χ0) is 15.5. The van der Waals surface area contributed by atoms with E-state index in [1.54, 1.807) is 0 Å². The first kappa shape index (κ1) is 16.7. The van der Waals surface area contributed by atoms with Crippen LogP contribution in [0.3, 0.4) is 0 Å². The topological polar surface area (TPSA) is 57.6 Å². The van der Waals surface area contributed by atoms with E-state index in [-0.39, 0.29) is 29.1 Å². The molecule has 2 rings (SSSR count). The maximum atomic E-state index is 13.1. The molecule has 0 heterocycles. The molecule has 1 aromatic carbocycles. The molecule has 21 heavy (non-hydrogen) atoms. The number of halogens is 2. The fourth-order valence-corrected chi connectivity index (χ4v) is 4.96. The lowest BCUT2D eigenvalue weighted by atomic mass is 9.95. The predicted molar refractivity (Wildman–Crippen MR) is 79.3 cm³/mol. The highest BCUT2D eigenvalue weighted by Gasteiger charge is 2.33. The first-order chi connectivity index (χ1) is 9.96. The van der Waals surface area contributed by atoms with Crippen molar-refractivity contribution in [1.82, 2.24) is 4.31 Å². The lowest BCUT2D eigenvalue weighted by Crippen LogP contribution is -2.43. The van der Waals surface area contributed by atoms with Gasteiger partial charge in [-0.1, -0.05) is 30.9 Å². The van der Waals surface area contributed by atoms with E-state index in [1.807, 2.05) is 0 Å². The van der Waals surface area contributed by atoms with Crippen LogP contribution in [0.4, 0.5) is 4.39 Å². The summed E-state index contributed by atoms with van der Waals surface area (Å²) in [6, 6.07) is 3.13. The minimum Gasteiger partial charge on any atom is -0.395 e. The van der Waals surface area contributed by atoms with Gasteiger partial charge in [0.25, 0.3) is 0 Å². The molecule has 1 aromatic rings. The van der Waals surface area contributed by atoms with E-state index in [0.717, 1.165) is 44.2 Å². The van der Waals surface area contributed by atoms with Crippen LogP contribution < -0.4 is 0 Å². The summed E-state index contributed by atoms with van der Waals surface area (Å²) in [6.07, 6.45) is 4.59. The van der Waals surface area contributed by atoms with Gasteiger partial charge >= 0.3 is 0 Å². The van der Waals surface area contributed by atoms with Crippen molar-refractivity contribution >= 4 is 21.6 Å². The van der Waals surface area contributed by atoms with Crippen molar-refractivity contribution in [3.05, 3.63) is 29.0 Å². The molecule has 1 N–H and O–H groups in total. The molecule has 0 radical (unpaired) electrons. The summed E-state index contributed by atoms with van der Waals surface area (Å²) < 4.78 is 39.9. The smallest absolute Gasteiger partial charge is 0.244 e. The first-order valence-corrected chi connectivity index (χ1v) is 8.86. The highest BCUT2D eigenvalue weighted by atomic mass is 35.5. The Morgan fingerprint density at radius 2 is 1.95 bits per heavy atom. The Kier molecular flexibility index (Phi) is 5.60. The number of aliphatic hydroxyl groups is 1. The van der Waals surface area contributed by atoms with Crippen LogP contribution in [0.5, 0.6) is 0 Å². The normalized spacial score (nSPS) is 17.3. The fraction of sp³-hybridized carbons (Fsp3) is 0.571. The molecular weight excluding hydrogens is 317 g/mol. The fourth-order valence-electron chi connectivity index (χ4n) is 2.78. The van der Waals surface area contributed by atoms with Gasteiger partial charge in [0.2, 0.25) is 10.0 Å². The van der Waals surface area contributed by atoms with E-state index >= 15 is 0 Å². The number of benzene rings is 1. The maximum Gasteiger partial charge on any atom is 0.244 e. The summed E-state index contributed by atoms with van der Waals surface area (Å²) in [7, 11) is -3.84. The highest BCUT2D eigenvalue weighted by Crippen LogP contribution is 2.30. The zero-order valence-electron chi connectivity index (χ0n) is 11.6. The summed E-state index contributed by atoms with van der Waals surface area (Å²) >= 11 is 5.89. The summed E-state index contributed by atoms with van der Waals surface area (Å²) in [4.78, 5) is -0.107. The van der Waals surface area contributed by atoms with Crippen molar-refractivity contribution in [3.8, 4) is 0 Å². The van der Waals surface area contributed by atoms with Gasteiger partial charge in [0, 0.05) is 12.6 Å². The van der Waals surface area contributed by atoms with Gasteiger partial charge in [0.05, 0.1) is 11.6 Å². The monoisotopic (exact) mass is 335 g/mol. The summed E-state index contributed by atoms with van der Waals surface area (Å²) in [6.45, 7) is -0.227. The van der Waals surface area contributed by atoms with E-state index < -0.39 is 15.8 Å². The number of rotatable bonds is 5. The molecule has 118 valence electrons. The molecule has 0 bridgehead atoms. The van der Waals surface area contributed by atoms with Crippen molar-refractivity contribution in [2.24, 2.45) is 0 Å². The zero-order valence-corrected chi connectivity index (χ0v) is 13.2. The van der Waals surface area contributed by atoms with E-state index in [1.165, 1.54) is 10.4 Å². The summed E-state index contributed by atoms with van der Waals surface area (Å²) in [5.41, 5.74) is 0. The first-order valence-electron chi connectivity index (χ1n) is 7.04. The van der Waals surface area contributed by atoms with Crippen molar-refractivity contribution in [2.75, 3.05) is 13.2 Å². The molecule has 0 unspecified atom stereocenters. The third-order valence-electron chi connectivity index (χ3n) is 3.78. The SMILES string of the molecule is O=S(=O)(c1ccc(F)cc1Cl)N(CCO)C1CCCCC1. The third kappa shape index (κ3) is 3.74. The van der Waals surface area contributed by atoms with Crippen LogP contribution in [-0.2, 0) is 10.0 Å². The molecule has 7 heteroatoms. The van der Waals surface area contributed by atoms with Crippen LogP contribution in [-0.4, -0.2) is 37.0 Å². The molecule has 1 fully saturated rings. The van der Waals surface area contributed by atoms with Gasteiger partial charge in [-0.15, -0.1) is 0 Å². The van der Waals surface area contributed by atoms with Gasteiger partial charge in [-0.2, -0.15) is 4.31 Å². The molecule has 1 aliphatic rings. The van der Waals surface area contributed by atoms with Crippen molar-refractivity contribution in [3.63, 3.8) is 0 Å². The molecule has 0 atom stereocenters. The van der Waals surface area contributed by atoms with Gasteiger partial charge in [-0.05, 0) is 31.0 Å². The van der Waals surface area contributed by atoms with Crippen LogP contribution in [0.2, 0.25) is 5.02 Å². The average molecular weight is 336 g/mol. The Balaban J connectivity index is 2.36. The Bertz CT molecular complexity index is 588. The largest absolute Gasteiger partial charge is 0.395 e. The van der Waals surface area contributed by atoms with Gasteiger partial charge in [-0.25, -0.2) is 12.8 Å². The maximum absolute atomic E-state index is 13.1. The van der Waals surface area contributed by atoms with Gasteiger partial charge in [0.15, 0.2) is 0 Å². The van der Waals surface area contributed by atoms with E-state index in [9.17, 15) is 17.9 Å². The minimum absolute atomic E-state index is 0.0285. The van der Waals surface area contributed by atoms with E-state index in [2.05, 4.69) is 0 Å². The van der Waals surface area contributed by atoms with E-state index in [4.69, 9.17) is 11.6 Å². The Morgan fingerprint density at radius 1 is 1.29 bits per heavy atom. The number of hydrogen-bond donors (Lipinski definition) is 1. The van der Waals surface area contributed by atoms with Gasteiger partial charge < -0.3 is 5.11 Å². The Hall–Kier alpha value is -0.690. The van der Waals surface area contributed by atoms with Crippen molar-refractivity contribution in [2.45, 2.75) is 43.0 Å². The lowest BCUT2D eigenvalue weighted by Gasteiger charge is -2.33. The molecule has 0 aliphatic heterocycles. The standard InChI is InChI=1S/C14H19ClFNO3S/c15-13-10-11(16)6-7-14(13)21(19,20)17(8-9-18)12-4-2-1-3-5-12/h6-7,10,12,18H,1-5,8-9H2. The average Bonchev–Trinajstić information content (AvgIpc) is 2.45. The molecular formula is C14H19ClFNO3S. The molecule has 0 saturated heterocycles. The molecule has 0 spiro atoms. The van der Waals surface area contributed by atoms with Gasteiger partial charge in [0.1, 0.15) is 10.7 Å². The summed E-state index contributed by atoms with van der Waals surface area (Å²) in [5.74, 6) is -0.578. The second-order valence-electron chi connectivity index (χ2n) is 5.21. The number of nitrogens with zero attached hydrogens (tertiary/aromatic N) is 1. The van der Waals surface area contributed by atoms with Crippen LogP contribution in [0.15, 0.2) is 23.1 Å². The molecule has 0 aromatic heterocycles. The molecule has 1 saturated carbocycles. The quantitative estimate of drug-likeness (QED) is 0.900. The van der Waals surface area contributed by atoms with Crippen LogP contribution in [0.25, 0.3) is 0 Å². The lowest BCUT2D eigenvalue weighted by molar-refractivity contribution is 0.199. The Morgan fingerprint density at radius 3 is 2.52 bits per heavy atom. The van der Waals surface area contributed by atoms with Gasteiger partial charge in [-0.3, -0.25) is 0 Å². The second-order valence-corrected chi connectivity index (χ2v) is 7.47. The minimum atomic E-state index is -3.84. The van der Waals surface area contributed by atoms with Crippen LogP contribution >= 0.6 is 11.6 Å². The van der Waals surface area contributed by atoms with E-state index in [0.29, 0.717) is 0 Å². The predicted octanol–water partition coefficient (Wildman–Crippen LogP) is 2.79. The summed E-state index contributed by atoms with van der Waals surface area (Å²) in [5, 5.41) is 9.06. The number of sulfonamides is 1. The number of aliphatic hydroxyl groups excluding tert-OH is 1. The third-order valence-corrected chi connectivity index (χ3v) is 6.22. The molecule has 1 aliphatic carbocycles. The molecule has 0 amide bonds.